The molecule has 2 rings (SSSR count). The fourth-order valence-electron chi connectivity index (χ4n) is 1.91. The fraction of sp³-hybridized carbons (Fsp3) is 0.176. The van der Waals surface area contributed by atoms with E-state index in [2.05, 4.69) is 24.8 Å². The lowest BCUT2D eigenvalue weighted by atomic mass is 10.1. The molecule has 0 spiro atoms. The molecule has 0 fully saturated rings. The number of aliphatic imine (C=N–C) groups is 2. The Bertz CT molecular complexity index is 666. The van der Waals surface area contributed by atoms with E-state index < -0.39 is 6.17 Å². The first-order valence-corrected chi connectivity index (χ1v) is 7.63. The van der Waals surface area contributed by atoms with Crippen molar-refractivity contribution in [3.8, 4) is 0 Å². The normalized spacial score (nSPS) is 18.9. The summed E-state index contributed by atoms with van der Waals surface area (Å²) in [6.45, 7) is 0. The van der Waals surface area contributed by atoms with E-state index in [1.54, 1.807) is 19.2 Å². The van der Waals surface area contributed by atoms with Gasteiger partial charge < -0.3 is 9.84 Å². The molecule has 1 aliphatic carbocycles. The van der Waals surface area contributed by atoms with Crippen LogP contribution >= 0.6 is 9.47 Å². The van der Waals surface area contributed by atoms with Crippen molar-refractivity contribution in [3.63, 3.8) is 0 Å². The highest BCUT2D eigenvalue weighted by molar-refractivity contribution is 7.10. The van der Waals surface area contributed by atoms with Gasteiger partial charge in [0.15, 0.2) is 0 Å². The van der Waals surface area contributed by atoms with Gasteiger partial charge in [-0.1, -0.05) is 42.5 Å². The van der Waals surface area contributed by atoms with E-state index >= 15 is 0 Å². The average molecular weight is 331 g/mol. The van der Waals surface area contributed by atoms with Crippen LogP contribution in [-0.2, 0) is 4.52 Å². The van der Waals surface area contributed by atoms with Gasteiger partial charge in [-0.25, -0.2) is 9.38 Å². The highest BCUT2D eigenvalue weighted by Gasteiger charge is 2.08. The van der Waals surface area contributed by atoms with Gasteiger partial charge in [-0.15, -0.1) is 0 Å². The number of hydrogen-bond acceptors (Lipinski definition) is 2. The van der Waals surface area contributed by atoms with Crippen molar-refractivity contribution in [1.82, 2.24) is 5.32 Å². The molecule has 0 bridgehead atoms. The summed E-state index contributed by atoms with van der Waals surface area (Å²) in [7, 11) is 3.71. The number of nitrogens with zero attached hydrogens (tertiary/aromatic N) is 2. The van der Waals surface area contributed by atoms with Crippen molar-refractivity contribution in [3.05, 3.63) is 65.9 Å². The van der Waals surface area contributed by atoms with Gasteiger partial charge in [-0.3, -0.25) is 0 Å². The van der Waals surface area contributed by atoms with Gasteiger partial charge in [-0.05, 0) is 23.8 Å². The summed E-state index contributed by atoms with van der Waals surface area (Å²) in [6, 6.07) is 10.1. The summed E-state index contributed by atoms with van der Waals surface area (Å²) >= 11 is 0. The van der Waals surface area contributed by atoms with E-state index in [4.69, 9.17) is 4.52 Å². The molecule has 0 saturated carbocycles. The van der Waals surface area contributed by atoms with Crippen LogP contribution in [0.5, 0.6) is 0 Å². The molecule has 6 heteroatoms. The highest BCUT2D eigenvalue weighted by atomic mass is 31.0. The van der Waals surface area contributed by atoms with Gasteiger partial charge in [0.2, 0.25) is 0 Å². The number of rotatable bonds is 3. The molecule has 2 unspecified atom stereocenters. The minimum absolute atomic E-state index is 0.221. The van der Waals surface area contributed by atoms with Gasteiger partial charge in [0.05, 0.1) is 9.47 Å². The topological polar surface area (TPSA) is 46.0 Å². The molecule has 4 nitrogen and oxygen atoms in total. The van der Waals surface area contributed by atoms with E-state index in [-0.39, 0.29) is 6.02 Å². The van der Waals surface area contributed by atoms with Gasteiger partial charge in [-0.2, -0.15) is 4.99 Å². The van der Waals surface area contributed by atoms with Crippen molar-refractivity contribution in [1.29, 1.82) is 0 Å². The zero-order valence-electron chi connectivity index (χ0n) is 12.8. The molecule has 0 amide bonds. The van der Waals surface area contributed by atoms with Gasteiger partial charge >= 0.3 is 6.02 Å². The molecule has 0 heterocycles. The Morgan fingerprint density at radius 3 is 2.78 bits per heavy atom. The maximum absolute atomic E-state index is 13.1. The molecule has 0 aliphatic heterocycles. The summed E-state index contributed by atoms with van der Waals surface area (Å²) in [5.41, 5.74) is 1.83. The van der Waals surface area contributed by atoms with Crippen LogP contribution in [0.3, 0.4) is 0 Å². The van der Waals surface area contributed by atoms with Gasteiger partial charge in [0, 0.05) is 19.2 Å². The third kappa shape index (κ3) is 5.80. The van der Waals surface area contributed by atoms with Crippen molar-refractivity contribution in [2.24, 2.45) is 9.98 Å². The Balaban J connectivity index is 2.19. The molecule has 0 saturated heterocycles. The molecule has 1 aromatic carbocycles. The van der Waals surface area contributed by atoms with Crippen LogP contribution in [0.4, 0.5) is 4.39 Å². The molecule has 1 aromatic rings. The third-order valence-corrected chi connectivity index (χ3v) is 3.28. The predicted molar refractivity (Wildman–Crippen MR) is 96.9 cm³/mol. The van der Waals surface area contributed by atoms with Gasteiger partial charge in [0.25, 0.3) is 0 Å². The molecule has 23 heavy (non-hydrogen) atoms. The van der Waals surface area contributed by atoms with Crippen molar-refractivity contribution >= 4 is 27.4 Å². The maximum Gasteiger partial charge on any atom is 0.315 e. The molecule has 2 atom stereocenters. The smallest absolute Gasteiger partial charge is 0.315 e. The number of amidine groups is 2. The lowest BCUT2D eigenvalue weighted by Gasteiger charge is -2.12. The Morgan fingerprint density at radius 1 is 1.39 bits per heavy atom. The molecule has 0 radical (unpaired) electrons. The summed E-state index contributed by atoms with van der Waals surface area (Å²) in [6.07, 6.45) is 8.17. The average Bonchev–Trinajstić information content (AvgIpc) is 2.60. The number of halogens is 1. The van der Waals surface area contributed by atoms with Crippen molar-refractivity contribution < 1.29 is 8.91 Å². The van der Waals surface area contributed by atoms with Crippen LogP contribution in [0.15, 0.2) is 70.3 Å². The predicted octanol–water partition coefficient (Wildman–Crippen LogP) is 3.66. The Labute approximate surface area is 137 Å². The minimum Gasteiger partial charge on any atom is -0.450 e. The fourth-order valence-corrected chi connectivity index (χ4v) is 2.07. The monoisotopic (exact) mass is 331 g/mol. The Morgan fingerprint density at radius 2 is 2.17 bits per heavy atom. The van der Waals surface area contributed by atoms with E-state index in [0.29, 0.717) is 12.3 Å². The van der Waals surface area contributed by atoms with Crippen LogP contribution in [0.25, 0.3) is 6.08 Å². The number of benzene rings is 1. The first-order valence-electron chi connectivity index (χ1n) is 7.16. The number of alkyl halides is 1. The van der Waals surface area contributed by atoms with Crippen LogP contribution in [-0.4, -0.2) is 25.1 Å². The van der Waals surface area contributed by atoms with E-state index in [9.17, 15) is 4.39 Å². The molecule has 1 N–H and O–H groups in total. The van der Waals surface area contributed by atoms with Crippen LogP contribution in [0.1, 0.15) is 12.0 Å². The lowest BCUT2D eigenvalue weighted by molar-refractivity contribution is 0.400. The second-order valence-corrected chi connectivity index (χ2v) is 5.00. The first-order chi connectivity index (χ1) is 11.2. The quantitative estimate of drug-likeness (QED) is 0.522. The zero-order valence-corrected chi connectivity index (χ0v) is 14.0. The third-order valence-electron chi connectivity index (χ3n) is 3.07. The van der Waals surface area contributed by atoms with E-state index in [0.717, 1.165) is 11.3 Å². The maximum atomic E-state index is 13.1. The summed E-state index contributed by atoms with van der Waals surface area (Å²) in [5.74, 6) is 0.546. The molecule has 0 aromatic heterocycles. The van der Waals surface area contributed by atoms with Crippen molar-refractivity contribution in [2.45, 2.75) is 12.6 Å². The summed E-state index contributed by atoms with van der Waals surface area (Å²) in [4.78, 5) is 8.22. The zero-order chi connectivity index (χ0) is 16.5. The molecular weight excluding hydrogens is 312 g/mol. The Hall–Kier alpha value is -2.26. The summed E-state index contributed by atoms with van der Waals surface area (Å²) < 4.78 is 18.1. The minimum atomic E-state index is -0.927. The van der Waals surface area contributed by atoms with Crippen LogP contribution in [0, 0.1) is 0 Å². The lowest BCUT2D eigenvalue weighted by Crippen LogP contribution is -2.23. The first kappa shape index (κ1) is 17.1. The van der Waals surface area contributed by atoms with E-state index in [1.165, 1.54) is 6.08 Å². The van der Waals surface area contributed by atoms with Crippen molar-refractivity contribution in [2.75, 3.05) is 7.05 Å². The second-order valence-electron chi connectivity index (χ2n) is 4.76. The number of nitrogens with one attached hydrogen (secondary N) is 1. The van der Waals surface area contributed by atoms with E-state index in [1.807, 2.05) is 42.5 Å². The van der Waals surface area contributed by atoms with Gasteiger partial charge in [0.1, 0.15) is 12.0 Å². The van der Waals surface area contributed by atoms with Crippen LogP contribution < -0.4 is 5.32 Å². The largest absolute Gasteiger partial charge is 0.450 e. The molecular formula is C17H19FN3OP. The Kier molecular flexibility index (Phi) is 6.70. The molecule has 1 aliphatic rings. The molecule has 120 valence electrons. The van der Waals surface area contributed by atoms with Crippen LogP contribution in [0.2, 0.25) is 0 Å². The highest BCUT2D eigenvalue weighted by Crippen LogP contribution is 2.11. The SMILES string of the molecule is CN=C(/N=C(\C=C\c1ccccc1)NC1=CCC(F)C=C1)OP. The number of hydrogen-bond donors (Lipinski definition) is 1. The summed E-state index contributed by atoms with van der Waals surface area (Å²) in [5, 5.41) is 3.15. The second kappa shape index (κ2) is 9.01. The standard InChI is InChI=1S/C17H19FN3OP/c1-19-17(22-23)21-16(12-7-13-5-3-2-4-6-13)20-15-10-8-14(18)9-11-15/h2-8,10-12,14H,9,23H2,1H3,(H,19,20,21)/b12-7+. The number of allylic oxidation sites excluding steroid dienone is 3.